The number of rotatable bonds is 3. The van der Waals surface area contributed by atoms with Crippen molar-refractivity contribution >= 4 is 5.96 Å². The molecule has 1 saturated carbocycles. The van der Waals surface area contributed by atoms with Gasteiger partial charge in [-0.15, -0.1) is 0 Å². The van der Waals surface area contributed by atoms with Crippen LogP contribution < -0.4 is 5.73 Å². The SMILES string of the molecule is CN(C(N)=NCc1cn2c(n1)CCCC2)C1CC1. The maximum absolute atomic E-state index is 5.97. The van der Waals surface area contributed by atoms with Crippen LogP contribution in [-0.4, -0.2) is 33.5 Å². The highest BCUT2D eigenvalue weighted by Crippen LogP contribution is 2.25. The molecular formula is C13H21N5. The van der Waals surface area contributed by atoms with E-state index in [0.29, 0.717) is 18.5 Å². The van der Waals surface area contributed by atoms with Gasteiger partial charge in [-0.3, -0.25) is 0 Å². The number of nitrogens with two attached hydrogens (primary N) is 1. The number of aromatic nitrogens is 2. The Hall–Kier alpha value is -1.52. The second-order valence-electron chi connectivity index (χ2n) is 5.32. The lowest BCUT2D eigenvalue weighted by atomic mass is 10.2. The number of imidazole rings is 1. The number of aliphatic imine (C=N–C) groups is 1. The van der Waals surface area contributed by atoms with Gasteiger partial charge in [0.2, 0.25) is 0 Å². The van der Waals surface area contributed by atoms with E-state index in [4.69, 9.17) is 5.73 Å². The highest BCUT2D eigenvalue weighted by molar-refractivity contribution is 5.78. The summed E-state index contributed by atoms with van der Waals surface area (Å²) in [6, 6.07) is 0.615. The van der Waals surface area contributed by atoms with Crippen molar-refractivity contribution in [3.05, 3.63) is 17.7 Å². The molecule has 0 spiro atoms. The molecule has 0 atom stereocenters. The molecule has 1 fully saturated rings. The Bertz CT molecular complexity index is 434. The fourth-order valence-electron chi connectivity index (χ4n) is 2.47. The lowest BCUT2D eigenvalue weighted by molar-refractivity contribution is 0.487. The van der Waals surface area contributed by atoms with Crippen molar-refractivity contribution in [2.75, 3.05) is 7.05 Å². The standard InChI is InChI=1S/C13H21N5/c1-17(11-5-6-11)13(14)15-8-10-9-18-7-3-2-4-12(18)16-10/h9,11H,2-8H2,1H3,(H2,14,15). The first-order valence-electron chi connectivity index (χ1n) is 6.82. The van der Waals surface area contributed by atoms with Crippen molar-refractivity contribution in [2.45, 2.75) is 51.2 Å². The average Bonchev–Trinajstić information content (AvgIpc) is 3.14. The Morgan fingerprint density at radius 1 is 1.56 bits per heavy atom. The first-order chi connectivity index (χ1) is 8.74. The fraction of sp³-hybridized carbons (Fsp3) is 0.692. The maximum Gasteiger partial charge on any atom is 0.191 e. The maximum atomic E-state index is 5.97. The van der Waals surface area contributed by atoms with E-state index >= 15 is 0 Å². The largest absolute Gasteiger partial charge is 0.370 e. The molecule has 2 heterocycles. The number of guanidine groups is 1. The van der Waals surface area contributed by atoms with Crippen molar-refractivity contribution in [1.29, 1.82) is 0 Å². The zero-order valence-corrected chi connectivity index (χ0v) is 11.0. The molecule has 2 N–H and O–H groups in total. The van der Waals surface area contributed by atoms with Crippen molar-refractivity contribution in [2.24, 2.45) is 10.7 Å². The first-order valence-corrected chi connectivity index (χ1v) is 6.82. The van der Waals surface area contributed by atoms with Crippen LogP contribution in [0.5, 0.6) is 0 Å². The molecule has 98 valence electrons. The van der Waals surface area contributed by atoms with Crippen LogP contribution >= 0.6 is 0 Å². The van der Waals surface area contributed by atoms with Crippen molar-refractivity contribution < 1.29 is 0 Å². The van der Waals surface area contributed by atoms with Crippen molar-refractivity contribution in [3.8, 4) is 0 Å². The van der Waals surface area contributed by atoms with Gasteiger partial charge in [-0.05, 0) is 25.7 Å². The van der Waals surface area contributed by atoms with E-state index in [2.05, 4.69) is 25.6 Å². The topological polar surface area (TPSA) is 59.4 Å². The van der Waals surface area contributed by atoms with Gasteiger partial charge in [0.1, 0.15) is 5.82 Å². The number of fused-ring (bicyclic) bond motifs is 1. The van der Waals surface area contributed by atoms with E-state index in [1.165, 1.54) is 31.5 Å². The molecule has 0 aromatic carbocycles. The molecular weight excluding hydrogens is 226 g/mol. The van der Waals surface area contributed by atoms with Crippen LogP contribution in [-0.2, 0) is 19.5 Å². The summed E-state index contributed by atoms with van der Waals surface area (Å²) >= 11 is 0. The number of aryl methyl sites for hydroxylation is 2. The van der Waals surface area contributed by atoms with E-state index in [9.17, 15) is 0 Å². The molecule has 18 heavy (non-hydrogen) atoms. The Balaban J connectivity index is 1.65. The molecule has 1 aromatic rings. The van der Waals surface area contributed by atoms with Gasteiger partial charge in [0.25, 0.3) is 0 Å². The number of hydrogen-bond acceptors (Lipinski definition) is 2. The zero-order chi connectivity index (χ0) is 12.5. The molecule has 0 saturated heterocycles. The third-order valence-corrected chi connectivity index (χ3v) is 3.82. The van der Waals surface area contributed by atoms with Gasteiger partial charge < -0.3 is 15.2 Å². The Morgan fingerprint density at radius 3 is 3.11 bits per heavy atom. The zero-order valence-electron chi connectivity index (χ0n) is 11.0. The average molecular weight is 247 g/mol. The van der Waals surface area contributed by atoms with E-state index in [1.54, 1.807) is 0 Å². The second kappa shape index (κ2) is 4.63. The summed E-state index contributed by atoms with van der Waals surface area (Å²) in [5.41, 5.74) is 7.01. The molecule has 5 nitrogen and oxygen atoms in total. The van der Waals surface area contributed by atoms with Gasteiger partial charge in [0.15, 0.2) is 5.96 Å². The van der Waals surface area contributed by atoms with E-state index in [0.717, 1.165) is 18.7 Å². The molecule has 0 unspecified atom stereocenters. The Kier molecular flexibility index (Phi) is 2.97. The minimum absolute atomic E-state index is 0.600. The molecule has 1 aliphatic carbocycles. The normalized spacial score (nSPS) is 19.7. The van der Waals surface area contributed by atoms with Gasteiger partial charge in [-0.2, -0.15) is 0 Å². The lowest BCUT2D eigenvalue weighted by Crippen LogP contribution is -2.35. The summed E-state index contributed by atoms with van der Waals surface area (Å²) in [6.45, 7) is 1.70. The monoisotopic (exact) mass is 247 g/mol. The Labute approximate surface area is 108 Å². The Morgan fingerprint density at radius 2 is 2.39 bits per heavy atom. The molecule has 5 heteroatoms. The van der Waals surface area contributed by atoms with Crippen LogP contribution in [0.1, 0.15) is 37.2 Å². The summed E-state index contributed by atoms with van der Waals surface area (Å²) in [4.78, 5) is 11.1. The van der Waals surface area contributed by atoms with E-state index < -0.39 is 0 Å². The first kappa shape index (κ1) is 11.6. The highest BCUT2D eigenvalue weighted by Gasteiger charge is 2.27. The summed E-state index contributed by atoms with van der Waals surface area (Å²) in [5.74, 6) is 1.85. The molecule has 0 amide bonds. The summed E-state index contributed by atoms with van der Waals surface area (Å²) < 4.78 is 2.26. The minimum Gasteiger partial charge on any atom is -0.370 e. The third kappa shape index (κ3) is 2.35. The van der Waals surface area contributed by atoms with Crippen LogP contribution in [0.4, 0.5) is 0 Å². The van der Waals surface area contributed by atoms with Crippen molar-refractivity contribution in [1.82, 2.24) is 14.5 Å². The van der Waals surface area contributed by atoms with Gasteiger partial charge in [-0.1, -0.05) is 0 Å². The van der Waals surface area contributed by atoms with Crippen molar-refractivity contribution in [3.63, 3.8) is 0 Å². The number of nitrogens with zero attached hydrogens (tertiary/aromatic N) is 4. The minimum atomic E-state index is 0.600. The highest BCUT2D eigenvalue weighted by atomic mass is 15.3. The van der Waals surface area contributed by atoms with E-state index in [1.807, 2.05) is 7.05 Å². The van der Waals surface area contributed by atoms with Gasteiger partial charge in [-0.25, -0.2) is 9.98 Å². The third-order valence-electron chi connectivity index (χ3n) is 3.82. The molecule has 1 aromatic heterocycles. The fourth-order valence-corrected chi connectivity index (χ4v) is 2.47. The number of hydrogen-bond donors (Lipinski definition) is 1. The van der Waals surface area contributed by atoms with Crippen LogP contribution in [0.2, 0.25) is 0 Å². The van der Waals surface area contributed by atoms with Gasteiger partial charge in [0.05, 0.1) is 12.2 Å². The molecule has 0 bridgehead atoms. The van der Waals surface area contributed by atoms with Gasteiger partial charge >= 0.3 is 0 Å². The van der Waals surface area contributed by atoms with Crippen LogP contribution in [0.15, 0.2) is 11.2 Å². The molecule has 3 rings (SSSR count). The van der Waals surface area contributed by atoms with Crippen LogP contribution in [0.25, 0.3) is 0 Å². The molecule has 2 aliphatic rings. The second-order valence-corrected chi connectivity index (χ2v) is 5.32. The van der Waals surface area contributed by atoms with Crippen LogP contribution in [0, 0.1) is 0 Å². The van der Waals surface area contributed by atoms with Gasteiger partial charge in [0, 0.05) is 32.3 Å². The van der Waals surface area contributed by atoms with E-state index in [-0.39, 0.29) is 0 Å². The summed E-state index contributed by atoms with van der Waals surface area (Å²) in [7, 11) is 2.02. The molecule has 0 radical (unpaired) electrons. The van der Waals surface area contributed by atoms with Crippen LogP contribution in [0.3, 0.4) is 0 Å². The predicted molar refractivity (Wildman–Crippen MR) is 71.3 cm³/mol. The lowest BCUT2D eigenvalue weighted by Gasteiger charge is -2.16. The predicted octanol–water partition coefficient (Wildman–Crippen LogP) is 1.13. The summed E-state index contributed by atoms with van der Waals surface area (Å²) in [5, 5.41) is 0. The smallest absolute Gasteiger partial charge is 0.191 e. The summed E-state index contributed by atoms with van der Waals surface area (Å²) in [6.07, 6.45) is 8.23. The molecule has 1 aliphatic heterocycles. The quantitative estimate of drug-likeness (QED) is 0.643.